The van der Waals surface area contributed by atoms with Crippen molar-refractivity contribution in [2.24, 2.45) is 0 Å². The van der Waals surface area contributed by atoms with Crippen LogP contribution in [0.15, 0.2) is 235 Å². The maximum absolute atomic E-state index is 7.15. The van der Waals surface area contributed by atoms with E-state index in [0.29, 0.717) is 0 Å². The highest BCUT2D eigenvalue weighted by Crippen LogP contribution is 2.53. The van der Waals surface area contributed by atoms with Crippen molar-refractivity contribution in [1.82, 2.24) is 0 Å². The number of furan rings is 1. The lowest BCUT2D eigenvalue weighted by molar-refractivity contribution is 0.670. The van der Waals surface area contributed by atoms with Gasteiger partial charge in [-0.3, -0.25) is 0 Å². The van der Waals surface area contributed by atoms with Crippen LogP contribution in [0.25, 0.3) is 110 Å². The van der Waals surface area contributed by atoms with E-state index in [1.807, 2.05) is 0 Å². The van der Waals surface area contributed by atoms with Crippen LogP contribution in [-0.4, -0.2) is 6.04 Å². The van der Waals surface area contributed by atoms with Crippen molar-refractivity contribution in [2.75, 3.05) is 4.90 Å². The second-order valence-corrected chi connectivity index (χ2v) is 17.8. The number of hydrogen-bond donors (Lipinski definition) is 0. The standard InChI is InChI=1S/C64H41NO/c1-3-19-40(20-4-1)59-45-24-7-13-30-51(45)62(52-31-14-8-25-46(52)59)54-33-17-34-55-63-53(32-18-36-58(63)66-64(54)55)61-49-28-11-9-26-47(49)60(48-27-10-12-29-50(48)61)41-37-38-44-43-23-15-16-35-56(43)65(57(44)39-41)42-21-5-2-6-22-42/h1-38,57H,39H2. The molecule has 0 saturated heterocycles. The molecule has 66 heavy (non-hydrogen) atoms. The van der Waals surface area contributed by atoms with E-state index in [1.54, 1.807) is 0 Å². The van der Waals surface area contributed by atoms with Crippen molar-refractivity contribution in [3.63, 3.8) is 0 Å². The monoisotopic (exact) mass is 839 g/mol. The molecule has 12 aromatic rings. The van der Waals surface area contributed by atoms with E-state index in [0.717, 1.165) is 33.9 Å². The van der Waals surface area contributed by atoms with Gasteiger partial charge in [-0.25, -0.2) is 0 Å². The Kier molecular flexibility index (Phi) is 8.14. The summed E-state index contributed by atoms with van der Waals surface area (Å²) in [5.41, 5.74) is 16.8. The molecular formula is C64H41NO. The first-order valence-corrected chi connectivity index (χ1v) is 23.0. The summed E-state index contributed by atoms with van der Waals surface area (Å²) in [6.07, 6.45) is 5.68. The van der Waals surface area contributed by atoms with Gasteiger partial charge in [-0.1, -0.05) is 206 Å². The zero-order chi connectivity index (χ0) is 43.3. The van der Waals surface area contributed by atoms with Crippen LogP contribution in [0.2, 0.25) is 0 Å². The summed E-state index contributed by atoms with van der Waals surface area (Å²) in [6.45, 7) is 0. The third-order valence-electron chi connectivity index (χ3n) is 14.4. The van der Waals surface area contributed by atoms with Gasteiger partial charge < -0.3 is 9.32 Å². The third-order valence-corrected chi connectivity index (χ3v) is 14.4. The number of anilines is 2. The summed E-state index contributed by atoms with van der Waals surface area (Å²) in [4.78, 5) is 2.55. The fourth-order valence-electron chi connectivity index (χ4n) is 11.7. The van der Waals surface area contributed by atoms with Gasteiger partial charge in [0.1, 0.15) is 11.2 Å². The fraction of sp³-hybridized carbons (Fsp3) is 0.0312. The molecule has 0 radical (unpaired) electrons. The van der Waals surface area contributed by atoms with E-state index >= 15 is 0 Å². The van der Waals surface area contributed by atoms with Crippen LogP contribution in [0.4, 0.5) is 11.4 Å². The Balaban J connectivity index is 0.990. The fourth-order valence-corrected chi connectivity index (χ4v) is 11.7. The number of allylic oxidation sites excluding steroid dienone is 2. The first kappa shape index (κ1) is 37.0. The average Bonchev–Trinajstić information content (AvgIpc) is 3.94. The molecule has 1 atom stereocenters. The van der Waals surface area contributed by atoms with Crippen molar-refractivity contribution in [3.05, 3.63) is 242 Å². The van der Waals surface area contributed by atoms with Crippen molar-refractivity contribution in [1.29, 1.82) is 0 Å². The SMILES string of the molecule is C1=C(c2c3ccccc3c(-c3cccc4oc5c(-c6c7ccccc7c(-c7ccccc7)c7ccccc67)cccc5c34)c3ccccc23)CC2C(=C1)c1ccccc1N2c1ccccc1. The van der Waals surface area contributed by atoms with Crippen LogP contribution >= 0.6 is 0 Å². The van der Waals surface area contributed by atoms with Gasteiger partial charge in [-0.15, -0.1) is 0 Å². The molecule has 2 nitrogen and oxygen atoms in total. The maximum Gasteiger partial charge on any atom is 0.143 e. The molecule has 0 amide bonds. The minimum Gasteiger partial charge on any atom is -0.455 e. The molecule has 0 saturated carbocycles. The molecule has 1 aliphatic heterocycles. The highest BCUT2D eigenvalue weighted by molar-refractivity contribution is 6.27. The van der Waals surface area contributed by atoms with Gasteiger partial charge in [0.25, 0.3) is 0 Å². The van der Waals surface area contributed by atoms with E-state index in [2.05, 4.69) is 235 Å². The van der Waals surface area contributed by atoms with Crippen LogP contribution in [0, 0.1) is 0 Å². The summed E-state index contributed by atoms with van der Waals surface area (Å²) in [6, 6.07) is 80.0. The molecule has 0 bridgehead atoms. The highest BCUT2D eigenvalue weighted by atomic mass is 16.3. The predicted octanol–water partition coefficient (Wildman–Crippen LogP) is 17.6. The van der Waals surface area contributed by atoms with Gasteiger partial charge in [0.15, 0.2) is 0 Å². The van der Waals surface area contributed by atoms with Crippen molar-refractivity contribution in [2.45, 2.75) is 12.5 Å². The minimum atomic E-state index is 0.186. The number of hydrogen-bond acceptors (Lipinski definition) is 2. The summed E-state index contributed by atoms with van der Waals surface area (Å²) >= 11 is 0. The van der Waals surface area contributed by atoms with Crippen molar-refractivity contribution in [3.8, 4) is 33.4 Å². The van der Waals surface area contributed by atoms with Gasteiger partial charge in [-0.05, 0) is 113 Å². The molecule has 1 aliphatic carbocycles. The van der Waals surface area contributed by atoms with E-state index in [4.69, 9.17) is 4.42 Å². The van der Waals surface area contributed by atoms with Crippen LogP contribution < -0.4 is 4.90 Å². The largest absolute Gasteiger partial charge is 0.455 e. The lowest BCUT2D eigenvalue weighted by atomic mass is 9.81. The van der Waals surface area contributed by atoms with Gasteiger partial charge >= 0.3 is 0 Å². The first-order valence-electron chi connectivity index (χ1n) is 23.0. The lowest BCUT2D eigenvalue weighted by Crippen LogP contribution is -2.28. The van der Waals surface area contributed by atoms with Gasteiger partial charge in [0.2, 0.25) is 0 Å². The summed E-state index contributed by atoms with van der Waals surface area (Å²) < 4.78 is 7.15. The Labute approximate surface area is 382 Å². The van der Waals surface area contributed by atoms with Gasteiger partial charge in [0, 0.05) is 38.8 Å². The molecule has 0 spiro atoms. The van der Waals surface area contributed by atoms with Crippen LogP contribution in [0.3, 0.4) is 0 Å². The molecule has 14 rings (SSSR count). The van der Waals surface area contributed by atoms with E-state index in [9.17, 15) is 0 Å². The molecule has 11 aromatic carbocycles. The Morgan fingerprint density at radius 1 is 0.364 bits per heavy atom. The Bertz CT molecular complexity index is 3910. The maximum atomic E-state index is 7.15. The number of benzene rings is 11. The molecule has 308 valence electrons. The summed E-state index contributed by atoms with van der Waals surface area (Å²) in [5, 5.41) is 12.1. The average molecular weight is 840 g/mol. The number of para-hydroxylation sites is 3. The molecule has 2 heterocycles. The van der Waals surface area contributed by atoms with Gasteiger partial charge in [0.05, 0.1) is 6.04 Å². The molecule has 1 aromatic heterocycles. The predicted molar refractivity (Wildman–Crippen MR) is 279 cm³/mol. The number of rotatable bonds is 5. The molecule has 2 aliphatic rings. The number of nitrogens with zero attached hydrogens (tertiary/aromatic N) is 1. The normalized spacial score (nSPS) is 14.6. The highest BCUT2D eigenvalue weighted by Gasteiger charge is 2.37. The topological polar surface area (TPSA) is 16.4 Å². The van der Waals surface area contributed by atoms with Crippen molar-refractivity contribution < 1.29 is 4.42 Å². The third kappa shape index (κ3) is 5.36. The minimum absolute atomic E-state index is 0.186. The molecular weight excluding hydrogens is 799 g/mol. The van der Waals surface area contributed by atoms with Crippen LogP contribution in [0.1, 0.15) is 17.5 Å². The molecule has 1 unspecified atom stereocenters. The smallest absolute Gasteiger partial charge is 0.143 e. The quantitative estimate of drug-likeness (QED) is 0.161. The Morgan fingerprint density at radius 3 is 1.47 bits per heavy atom. The Hall–Kier alpha value is -8.46. The molecule has 0 fully saturated rings. The Morgan fingerprint density at radius 2 is 0.833 bits per heavy atom. The lowest BCUT2D eigenvalue weighted by Gasteiger charge is -2.31. The van der Waals surface area contributed by atoms with Crippen molar-refractivity contribution >= 4 is 87.5 Å². The van der Waals surface area contributed by atoms with E-state index in [-0.39, 0.29) is 6.04 Å². The number of fused-ring (bicyclic) bond motifs is 10. The second kappa shape index (κ2) is 14.5. The zero-order valence-electron chi connectivity index (χ0n) is 36.1. The molecule has 0 N–H and O–H groups in total. The van der Waals surface area contributed by atoms with E-state index < -0.39 is 0 Å². The summed E-state index contributed by atoms with van der Waals surface area (Å²) in [7, 11) is 0. The van der Waals surface area contributed by atoms with Gasteiger partial charge in [-0.2, -0.15) is 0 Å². The zero-order valence-corrected chi connectivity index (χ0v) is 36.1. The summed E-state index contributed by atoms with van der Waals surface area (Å²) in [5.74, 6) is 0. The van der Waals surface area contributed by atoms with Crippen LogP contribution in [-0.2, 0) is 0 Å². The molecule has 2 heteroatoms. The second-order valence-electron chi connectivity index (χ2n) is 17.8. The van der Waals surface area contributed by atoms with E-state index in [1.165, 1.54) is 105 Å². The first-order chi connectivity index (χ1) is 32.8. The van der Waals surface area contributed by atoms with Crippen LogP contribution in [0.5, 0.6) is 0 Å².